The molecule has 0 N–H and O–H groups in total. The van der Waals surface area contributed by atoms with Gasteiger partial charge >= 0.3 is 6.18 Å². The predicted molar refractivity (Wildman–Crippen MR) is 155 cm³/mol. The number of aromatic nitrogens is 2. The highest BCUT2D eigenvalue weighted by atomic mass is 79.9. The summed E-state index contributed by atoms with van der Waals surface area (Å²) in [6.07, 6.45) is -3.21. The van der Waals surface area contributed by atoms with E-state index in [1.54, 1.807) is 55.5 Å². The van der Waals surface area contributed by atoms with Gasteiger partial charge in [-0.25, -0.2) is 9.37 Å². The third-order valence-corrected chi connectivity index (χ3v) is 6.85. The minimum atomic E-state index is -4.58. The van der Waals surface area contributed by atoms with Gasteiger partial charge in [0.05, 0.1) is 29.3 Å². The SMILES string of the molecule is CCOc1cc(C=Nn2c(-c3cccc(C(F)(F)F)c3)nc3ccccc3c2=O)c(Br)cc1OCc1cccc(F)c1. The second-order valence-electron chi connectivity index (χ2n) is 9.06. The number of nitrogens with zero attached hydrogens (tertiary/aromatic N) is 3. The zero-order valence-electron chi connectivity index (χ0n) is 22.0. The van der Waals surface area contributed by atoms with Crippen LogP contribution in [0.25, 0.3) is 22.3 Å². The normalized spacial score (nSPS) is 11.8. The van der Waals surface area contributed by atoms with Gasteiger partial charge in [-0.05, 0) is 76.9 Å². The van der Waals surface area contributed by atoms with Crippen LogP contribution in [-0.4, -0.2) is 22.5 Å². The van der Waals surface area contributed by atoms with Crippen molar-refractivity contribution in [3.8, 4) is 22.9 Å². The van der Waals surface area contributed by atoms with Gasteiger partial charge in [0.25, 0.3) is 5.56 Å². The van der Waals surface area contributed by atoms with Gasteiger partial charge in [-0.1, -0.05) is 36.4 Å². The molecule has 0 bridgehead atoms. The predicted octanol–water partition coefficient (Wildman–Crippen LogP) is 7.84. The fourth-order valence-corrected chi connectivity index (χ4v) is 4.62. The molecule has 5 rings (SSSR count). The molecule has 0 saturated carbocycles. The summed E-state index contributed by atoms with van der Waals surface area (Å²) in [6, 6.07) is 20.4. The third kappa shape index (κ3) is 6.36. The Hall–Kier alpha value is -4.51. The fraction of sp³-hybridized carbons (Fsp3) is 0.129. The van der Waals surface area contributed by atoms with Crippen LogP contribution in [0.1, 0.15) is 23.6 Å². The maximum Gasteiger partial charge on any atom is 0.416 e. The fourth-order valence-electron chi connectivity index (χ4n) is 4.19. The van der Waals surface area contributed by atoms with Crippen LogP contribution in [0.15, 0.2) is 99.3 Å². The molecule has 1 aromatic heterocycles. The summed E-state index contributed by atoms with van der Waals surface area (Å²) in [5.41, 5.74) is 0.0772. The number of alkyl halides is 3. The molecule has 0 amide bonds. The van der Waals surface area contributed by atoms with Crippen LogP contribution in [-0.2, 0) is 12.8 Å². The van der Waals surface area contributed by atoms with Crippen molar-refractivity contribution < 1.29 is 27.0 Å². The number of para-hydroxylation sites is 1. The minimum Gasteiger partial charge on any atom is -0.490 e. The van der Waals surface area contributed by atoms with Crippen molar-refractivity contribution in [2.75, 3.05) is 6.61 Å². The standard InChI is InChI=1S/C31H22BrF4N3O3/c1-2-41-27-15-21(25(32)16-28(27)42-18-19-7-5-10-23(33)13-19)17-37-39-29(20-8-6-9-22(14-20)31(34,35)36)38-26-12-4-3-11-24(26)30(39)40/h3-17H,2,18H2,1H3. The Kier molecular flexibility index (Phi) is 8.39. The molecule has 214 valence electrons. The van der Waals surface area contributed by atoms with E-state index in [4.69, 9.17) is 9.47 Å². The van der Waals surface area contributed by atoms with Crippen molar-refractivity contribution >= 4 is 33.0 Å². The average Bonchev–Trinajstić information content (AvgIpc) is 2.97. The molecular formula is C31H22BrF4N3O3. The lowest BCUT2D eigenvalue weighted by Crippen LogP contribution is -2.20. The van der Waals surface area contributed by atoms with Crippen LogP contribution < -0.4 is 15.0 Å². The summed E-state index contributed by atoms with van der Waals surface area (Å²) in [4.78, 5) is 18.0. The second kappa shape index (κ2) is 12.2. The van der Waals surface area contributed by atoms with Crippen molar-refractivity contribution in [1.82, 2.24) is 9.66 Å². The first kappa shape index (κ1) is 29.0. The molecule has 0 spiro atoms. The number of fused-ring (bicyclic) bond motifs is 1. The first-order valence-corrected chi connectivity index (χ1v) is 13.5. The molecule has 0 saturated heterocycles. The van der Waals surface area contributed by atoms with E-state index in [1.165, 1.54) is 30.5 Å². The van der Waals surface area contributed by atoms with Crippen LogP contribution in [0.5, 0.6) is 11.5 Å². The molecule has 1 heterocycles. The Morgan fingerprint density at radius 2 is 1.71 bits per heavy atom. The number of hydrogen-bond acceptors (Lipinski definition) is 5. The van der Waals surface area contributed by atoms with Gasteiger partial charge in [-0.2, -0.15) is 22.9 Å². The molecule has 0 aliphatic heterocycles. The molecule has 0 unspecified atom stereocenters. The lowest BCUT2D eigenvalue weighted by atomic mass is 10.1. The highest BCUT2D eigenvalue weighted by Gasteiger charge is 2.31. The molecule has 42 heavy (non-hydrogen) atoms. The van der Waals surface area contributed by atoms with E-state index in [0.717, 1.165) is 16.8 Å². The summed E-state index contributed by atoms with van der Waals surface area (Å²) < 4.78 is 67.1. The van der Waals surface area contributed by atoms with Crippen molar-refractivity contribution in [2.45, 2.75) is 19.7 Å². The Balaban J connectivity index is 1.56. The Bertz CT molecular complexity index is 1850. The van der Waals surface area contributed by atoms with Gasteiger partial charge in [0, 0.05) is 15.6 Å². The van der Waals surface area contributed by atoms with Gasteiger partial charge in [-0.15, -0.1) is 0 Å². The van der Waals surface area contributed by atoms with E-state index in [0.29, 0.717) is 39.2 Å². The number of halogens is 5. The summed E-state index contributed by atoms with van der Waals surface area (Å²) in [5.74, 6) is 0.328. The Morgan fingerprint density at radius 1 is 0.952 bits per heavy atom. The van der Waals surface area contributed by atoms with Gasteiger partial charge in [0.1, 0.15) is 12.4 Å². The molecule has 0 aliphatic carbocycles. The van der Waals surface area contributed by atoms with E-state index >= 15 is 0 Å². The molecule has 0 fully saturated rings. The zero-order valence-corrected chi connectivity index (χ0v) is 23.6. The maximum atomic E-state index is 13.6. The van der Waals surface area contributed by atoms with Gasteiger partial charge in [0.15, 0.2) is 17.3 Å². The van der Waals surface area contributed by atoms with E-state index < -0.39 is 17.3 Å². The van der Waals surface area contributed by atoms with Crippen LogP contribution in [0.3, 0.4) is 0 Å². The molecule has 0 radical (unpaired) electrons. The molecule has 0 aliphatic rings. The molecule has 6 nitrogen and oxygen atoms in total. The molecule has 4 aromatic carbocycles. The topological polar surface area (TPSA) is 65.7 Å². The van der Waals surface area contributed by atoms with Crippen molar-refractivity contribution in [3.63, 3.8) is 0 Å². The second-order valence-corrected chi connectivity index (χ2v) is 9.92. The van der Waals surface area contributed by atoms with E-state index in [-0.39, 0.29) is 29.2 Å². The molecular weight excluding hydrogens is 618 g/mol. The summed E-state index contributed by atoms with van der Waals surface area (Å²) >= 11 is 3.48. The van der Waals surface area contributed by atoms with Gasteiger partial charge < -0.3 is 9.47 Å². The summed E-state index contributed by atoms with van der Waals surface area (Å²) in [7, 11) is 0. The van der Waals surface area contributed by atoms with Crippen LogP contribution in [0.2, 0.25) is 0 Å². The lowest BCUT2D eigenvalue weighted by molar-refractivity contribution is -0.137. The Labute approximate surface area is 246 Å². The van der Waals surface area contributed by atoms with Crippen molar-refractivity contribution in [2.24, 2.45) is 5.10 Å². The molecule has 0 atom stereocenters. The van der Waals surface area contributed by atoms with Crippen LogP contribution in [0, 0.1) is 5.82 Å². The van der Waals surface area contributed by atoms with Gasteiger partial charge in [0.2, 0.25) is 0 Å². The largest absolute Gasteiger partial charge is 0.490 e. The molecule has 11 heteroatoms. The Morgan fingerprint density at radius 3 is 2.48 bits per heavy atom. The van der Waals surface area contributed by atoms with Gasteiger partial charge in [-0.3, -0.25) is 4.79 Å². The van der Waals surface area contributed by atoms with Crippen molar-refractivity contribution in [1.29, 1.82) is 0 Å². The maximum absolute atomic E-state index is 13.6. The van der Waals surface area contributed by atoms with Crippen LogP contribution in [0.4, 0.5) is 17.6 Å². The monoisotopic (exact) mass is 639 g/mol. The minimum absolute atomic E-state index is 0.0581. The number of ether oxygens (including phenoxy) is 2. The highest BCUT2D eigenvalue weighted by molar-refractivity contribution is 9.10. The quantitative estimate of drug-likeness (QED) is 0.128. The smallest absolute Gasteiger partial charge is 0.416 e. The first-order valence-electron chi connectivity index (χ1n) is 12.7. The third-order valence-electron chi connectivity index (χ3n) is 6.16. The zero-order chi connectivity index (χ0) is 29.9. The summed E-state index contributed by atoms with van der Waals surface area (Å²) in [6.45, 7) is 2.21. The summed E-state index contributed by atoms with van der Waals surface area (Å²) in [5, 5.41) is 4.61. The first-order chi connectivity index (χ1) is 20.1. The lowest BCUT2D eigenvalue weighted by Gasteiger charge is -2.14. The molecule has 5 aromatic rings. The average molecular weight is 640 g/mol. The van der Waals surface area contributed by atoms with Crippen molar-refractivity contribution in [3.05, 3.63) is 122 Å². The number of benzene rings is 4. The van der Waals surface area contributed by atoms with E-state index in [2.05, 4.69) is 26.0 Å². The van der Waals surface area contributed by atoms with Crippen LogP contribution >= 0.6 is 15.9 Å². The number of rotatable bonds is 8. The van der Waals surface area contributed by atoms with E-state index in [1.807, 2.05) is 0 Å². The van der Waals surface area contributed by atoms with E-state index in [9.17, 15) is 22.4 Å². The highest BCUT2D eigenvalue weighted by Crippen LogP contribution is 2.35. The number of hydrogen-bond donors (Lipinski definition) is 0.